The van der Waals surface area contributed by atoms with E-state index in [9.17, 15) is 14.9 Å². The van der Waals surface area contributed by atoms with Crippen molar-refractivity contribution >= 4 is 42.9 Å². The average Bonchev–Trinajstić information content (AvgIpc) is 2.66. The largest absolute Gasteiger partial charge is 0.328 e. The van der Waals surface area contributed by atoms with Gasteiger partial charge in [-0.05, 0) is 26.3 Å². The Balaban J connectivity index is 2.79. The number of rotatable bonds is 2. The molecule has 0 aliphatic heterocycles. The number of hydrogen-bond donors (Lipinski definition) is 0. The Bertz CT molecular complexity index is 560. The van der Waals surface area contributed by atoms with Crippen LogP contribution in [0, 0.1) is 24.0 Å². The number of aryl methyl sites for hydroxylation is 2. The number of nitrogens with zero attached hydrogens (tertiary/aromatic N) is 1. The van der Waals surface area contributed by atoms with Gasteiger partial charge in [-0.15, -0.1) is 11.3 Å². The number of hydrogen-bond acceptors (Lipinski definition) is 5. The molecule has 0 N–H and O–H groups in total. The lowest BCUT2D eigenvalue weighted by molar-refractivity contribution is -0.380. The molecule has 0 saturated carbocycles. The highest BCUT2D eigenvalue weighted by Gasteiger charge is 2.23. The minimum Gasteiger partial charge on any atom is -0.294 e. The van der Waals surface area contributed by atoms with Crippen LogP contribution >= 0.6 is 22.7 Å². The molecule has 2 rings (SSSR count). The van der Waals surface area contributed by atoms with Gasteiger partial charge >= 0.3 is 5.00 Å². The number of nitro groups is 1. The number of carbonyl (C=O) groups is 1. The van der Waals surface area contributed by atoms with Gasteiger partial charge in [-0.25, -0.2) is 0 Å². The Hall–Kier alpha value is -1.27. The van der Waals surface area contributed by atoms with E-state index >= 15 is 0 Å². The normalized spacial score (nSPS) is 10.9. The van der Waals surface area contributed by atoms with Crippen LogP contribution in [0.2, 0.25) is 0 Å². The van der Waals surface area contributed by atoms with Crippen LogP contribution in [0.3, 0.4) is 0 Å². The van der Waals surface area contributed by atoms with Crippen LogP contribution in [0.1, 0.15) is 27.7 Å². The second-order valence-corrected chi connectivity index (χ2v) is 5.84. The van der Waals surface area contributed by atoms with Crippen LogP contribution in [0.5, 0.6) is 0 Å². The number of carbonyl (C=O) groups excluding carboxylic acids is 1. The molecule has 0 bridgehead atoms. The lowest BCUT2D eigenvalue weighted by Crippen LogP contribution is -1.90. The summed E-state index contributed by atoms with van der Waals surface area (Å²) in [6.45, 7) is 5.10. The summed E-state index contributed by atoms with van der Waals surface area (Å²) in [5.74, 6) is 0.0213. The first-order chi connectivity index (χ1) is 7.43. The quantitative estimate of drug-likeness (QED) is 0.467. The van der Waals surface area contributed by atoms with E-state index < -0.39 is 0 Å². The van der Waals surface area contributed by atoms with Crippen LogP contribution in [0.4, 0.5) is 5.00 Å². The molecule has 0 radical (unpaired) electrons. The molecule has 0 aromatic carbocycles. The predicted octanol–water partition coefficient (Wildman–Crippen LogP) is 3.69. The molecular formula is C10H9NO3S2. The van der Waals surface area contributed by atoms with Crippen molar-refractivity contribution in [2.45, 2.75) is 20.8 Å². The number of thiophene rings is 2. The van der Waals surface area contributed by atoms with E-state index in [2.05, 4.69) is 0 Å². The van der Waals surface area contributed by atoms with Crippen LogP contribution in [-0.2, 0) is 0 Å². The summed E-state index contributed by atoms with van der Waals surface area (Å²) < 4.78 is 0.868. The van der Waals surface area contributed by atoms with Gasteiger partial charge in [0.25, 0.3) is 0 Å². The zero-order valence-corrected chi connectivity index (χ0v) is 10.6. The van der Waals surface area contributed by atoms with Crippen LogP contribution < -0.4 is 0 Å². The van der Waals surface area contributed by atoms with Crippen molar-refractivity contribution in [3.63, 3.8) is 0 Å². The topological polar surface area (TPSA) is 60.2 Å². The Labute approximate surface area is 99.7 Å². The first kappa shape index (κ1) is 11.2. The zero-order chi connectivity index (χ0) is 12.0. The van der Waals surface area contributed by atoms with E-state index in [0.717, 1.165) is 26.3 Å². The molecule has 0 unspecified atom stereocenters. The van der Waals surface area contributed by atoms with Gasteiger partial charge in [0.15, 0.2) is 5.78 Å². The van der Waals surface area contributed by atoms with Crippen molar-refractivity contribution in [2.24, 2.45) is 0 Å². The van der Waals surface area contributed by atoms with Gasteiger partial charge in [0.1, 0.15) is 0 Å². The Morgan fingerprint density at radius 1 is 1.25 bits per heavy atom. The van der Waals surface area contributed by atoms with E-state index in [1.54, 1.807) is 6.92 Å². The smallest absolute Gasteiger partial charge is 0.294 e. The molecule has 0 atom stereocenters. The summed E-state index contributed by atoms with van der Waals surface area (Å²) in [5, 5.41) is 11.8. The van der Waals surface area contributed by atoms with Gasteiger partial charge < -0.3 is 0 Å². The fourth-order valence-corrected chi connectivity index (χ4v) is 4.33. The summed E-state index contributed by atoms with van der Waals surface area (Å²) in [4.78, 5) is 22.5. The predicted molar refractivity (Wildman–Crippen MR) is 65.8 cm³/mol. The minimum atomic E-state index is -0.362. The van der Waals surface area contributed by atoms with Gasteiger partial charge in [-0.3, -0.25) is 14.9 Å². The molecule has 2 aromatic rings. The highest BCUT2D eigenvalue weighted by atomic mass is 32.2. The van der Waals surface area contributed by atoms with E-state index in [0.29, 0.717) is 10.4 Å². The molecule has 2 aromatic heterocycles. The second kappa shape index (κ2) is 3.64. The SMILES string of the molecule is CC(=O)c1sc2sc([N+](=O)[O-])c(C)c2c1C. The van der Waals surface area contributed by atoms with E-state index in [1.807, 2.05) is 6.92 Å². The highest BCUT2D eigenvalue weighted by Crippen LogP contribution is 2.44. The molecule has 0 aliphatic carbocycles. The average molecular weight is 255 g/mol. The van der Waals surface area contributed by atoms with Gasteiger partial charge in [-0.1, -0.05) is 11.3 Å². The molecule has 0 amide bonds. The van der Waals surface area contributed by atoms with E-state index in [4.69, 9.17) is 0 Å². The summed E-state index contributed by atoms with van der Waals surface area (Å²) in [6.07, 6.45) is 0. The molecule has 84 valence electrons. The Morgan fingerprint density at radius 3 is 2.31 bits per heavy atom. The zero-order valence-electron chi connectivity index (χ0n) is 8.99. The number of ketones is 1. The second-order valence-electron chi connectivity index (χ2n) is 3.56. The van der Waals surface area contributed by atoms with Crippen molar-refractivity contribution < 1.29 is 9.72 Å². The standard InChI is InChI=1S/C10H9NO3S2/c1-4-7-5(2)9(11(13)14)16-10(7)15-8(4)6(3)12/h1-3H3. The molecule has 2 heterocycles. The van der Waals surface area contributed by atoms with Crippen LogP contribution in [0.15, 0.2) is 0 Å². The van der Waals surface area contributed by atoms with E-state index in [-0.39, 0.29) is 15.7 Å². The molecule has 4 nitrogen and oxygen atoms in total. The maximum Gasteiger partial charge on any atom is 0.328 e. The third-order valence-electron chi connectivity index (χ3n) is 2.49. The molecule has 0 saturated heterocycles. The molecule has 0 spiro atoms. The molecule has 6 heteroatoms. The number of Topliss-reactive ketones (excluding diaryl/α,β-unsaturated/α-hetero) is 1. The molecule has 0 aliphatic rings. The van der Waals surface area contributed by atoms with Crippen molar-refractivity contribution in [2.75, 3.05) is 0 Å². The maximum atomic E-state index is 11.3. The first-order valence-corrected chi connectivity index (χ1v) is 6.24. The van der Waals surface area contributed by atoms with Crippen molar-refractivity contribution in [3.05, 3.63) is 26.1 Å². The van der Waals surface area contributed by atoms with Crippen LogP contribution in [0.25, 0.3) is 9.40 Å². The summed E-state index contributed by atoms with van der Waals surface area (Å²) in [5.41, 5.74) is 1.54. The summed E-state index contributed by atoms with van der Waals surface area (Å²) in [7, 11) is 0. The Morgan fingerprint density at radius 2 is 1.88 bits per heavy atom. The van der Waals surface area contributed by atoms with Crippen molar-refractivity contribution in [1.82, 2.24) is 0 Å². The van der Waals surface area contributed by atoms with Gasteiger partial charge in [0, 0.05) is 10.9 Å². The van der Waals surface area contributed by atoms with Gasteiger partial charge in [0.05, 0.1) is 13.8 Å². The molecule has 0 fully saturated rings. The summed E-state index contributed by atoms with van der Waals surface area (Å²) >= 11 is 2.50. The van der Waals surface area contributed by atoms with Gasteiger partial charge in [-0.2, -0.15) is 0 Å². The Kier molecular flexibility index (Phi) is 2.55. The molecular weight excluding hydrogens is 246 g/mol. The summed E-state index contributed by atoms with van der Waals surface area (Å²) in [6, 6.07) is 0. The van der Waals surface area contributed by atoms with Crippen molar-refractivity contribution in [3.8, 4) is 0 Å². The highest BCUT2D eigenvalue weighted by molar-refractivity contribution is 7.40. The van der Waals surface area contributed by atoms with Crippen molar-refractivity contribution in [1.29, 1.82) is 0 Å². The fraction of sp³-hybridized carbons (Fsp3) is 0.300. The lowest BCUT2D eigenvalue weighted by Gasteiger charge is -1.93. The van der Waals surface area contributed by atoms with Gasteiger partial charge in [0.2, 0.25) is 0 Å². The molecule has 16 heavy (non-hydrogen) atoms. The first-order valence-electron chi connectivity index (χ1n) is 4.61. The van der Waals surface area contributed by atoms with E-state index in [1.165, 1.54) is 18.3 Å². The maximum absolute atomic E-state index is 11.3. The minimum absolute atomic E-state index is 0.0213. The van der Waals surface area contributed by atoms with Crippen LogP contribution in [-0.4, -0.2) is 10.7 Å². The third-order valence-corrected chi connectivity index (χ3v) is 5.21. The number of fused-ring (bicyclic) bond motifs is 1. The monoisotopic (exact) mass is 255 g/mol. The third kappa shape index (κ3) is 1.45. The fourth-order valence-electron chi connectivity index (χ4n) is 1.77. The lowest BCUT2D eigenvalue weighted by atomic mass is 10.1.